The van der Waals surface area contributed by atoms with E-state index >= 15 is 0 Å². The monoisotopic (exact) mass is 397 g/mol. The van der Waals surface area contributed by atoms with Gasteiger partial charge in [0, 0.05) is 26.2 Å². The molecule has 1 aromatic rings. The average molecular weight is 397 g/mol. The molecule has 0 unspecified atom stereocenters. The lowest BCUT2D eigenvalue weighted by molar-refractivity contribution is -0.144. The van der Waals surface area contributed by atoms with Crippen molar-refractivity contribution < 1.29 is 27.5 Å². The maximum atomic E-state index is 13.3. The summed E-state index contributed by atoms with van der Waals surface area (Å²) in [4.78, 5) is 28.7. The number of sulfone groups is 1. The second-order valence-electron chi connectivity index (χ2n) is 6.34. The van der Waals surface area contributed by atoms with Crippen molar-refractivity contribution in [2.45, 2.75) is 10.1 Å². The summed E-state index contributed by atoms with van der Waals surface area (Å²) in [6.45, 7) is 2.18. The zero-order valence-corrected chi connectivity index (χ0v) is 15.7. The minimum atomic E-state index is -4.32. The number of carbonyl (C=O) groups is 2. The third-order valence-corrected chi connectivity index (χ3v) is 6.64. The van der Waals surface area contributed by atoms with Gasteiger partial charge in [0.1, 0.15) is 0 Å². The molecular weight excluding hydrogens is 374 g/mol. The van der Waals surface area contributed by atoms with Crippen molar-refractivity contribution >= 4 is 27.3 Å². The molecule has 2 fully saturated rings. The summed E-state index contributed by atoms with van der Waals surface area (Å²) >= 11 is 0. The predicted molar refractivity (Wildman–Crippen MR) is 96.6 cm³/mol. The number of benzene rings is 1. The number of morpholine rings is 2. The lowest BCUT2D eigenvalue weighted by atomic mass is 10.2. The van der Waals surface area contributed by atoms with Crippen molar-refractivity contribution in [1.29, 1.82) is 0 Å². The van der Waals surface area contributed by atoms with E-state index in [2.05, 4.69) is 0 Å². The van der Waals surface area contributed by atoms with Crippen molar-refractivity contribution in [3.63, 3.8) is 0 Å². The fourth-order valence-corrected chi connectivity index (χ4v) is 4.88. The lowest BCUT2D eigenvalue weighted by Gasteiger charge is -2.33. The van der Waals surface area contributed by atoms with Crippen LogP contribution in [-0.4, -0.2) is 87.9 Å². The quantitative estimate of drug-likeness (QED) is 0.518. The Hall–Kier alpha value is -2.17. The highest BCUT2D eigenvalue weighted by Gasteiger charge is 2.45. The molecule has 0 saturated carbocycles. The second-order valence-corrected chi connectivity index (χ2v) is 8.34. The molecule has 10 heteroatoms. The van der Waals surface area contributed by atoms with Crippen molar-refractivity contribution in [2.75, 3.05) is 58.3 Å². The number of hydrogen-bond acceptors (Lipinski definition) is 7. The minimum Gasteiger partial charge on any atom is -0.398 e. The van der Waals surface area contributed by atoms with Gasteiger partial charge >= 0.3 is 0 Å². The van der Waals surface area contributed by atoms with E-state index in [0.29, 0.717) is 26.4 Å². The van der Waals surface area contributed by atoms with Gasteiger partial charge < -0.3 is 25.0 Å². The molecular formula is C17H23N3O6S. The Balaban J connectivity index is 1.99. The highest BCUT2D eigenvalue weighted by molar-refractivity contribution is 7.93. The van der Waals surface area contributed by atoms with Gasteiger partial charge in [0.25, 0.3) is 11.8 Å². The van der Waals surface area contributed by atoms with E-state index in [1.54, 1.807) is 6.07 Å². The number of amides is 2. The van der Waals surface area contributed by atoms with Gasteiger partial charge in [-0.15, -0.1) is 0 Å². The van der Waals surface area contributed by atoms with Crippen LogP contribution < -0.4 is 5.73 Å². The van der Waals surface area contributed by atoms with E-state index < -0.39 is 26.9 Å². The van der Waals surface area contributed by atoms with Crippen LogP contribution in [0.5, 0.6) is 0 Å². The summed E-state index contributed by atoms with van der Waals surface area (Å²) in [7, 11) is -4.32. The van der Waals surface area contributed by atoms with Gasteiger partial charge in [0.2, 0.25) is 15.1 Å². The predicted octanol–water partition coefficient (Wildman–Crippen LogP) is -0.871. The summed E-state index contributed by atoms with van der Waals surface area (Å²) in [6, 6.07) is 5.86. The first-order valence-electron chi connectivity index (χ1n) is 8.74. The van der Waals surface area contributed by atoms with Crippen LogP contribution >= 0.6 is 0 Å². The Morgan fingerprint density at radius 1 is 0.889 bits per heavy atom. The first kappa shape index (κ1) is 19.6. The molecule has 2 amide bonds. The lowest BCUT2D eigenvalue weighted by Crippen LogP contribution is -2.56. The molecule has 2 heterocycles. The van der Waals surface area contributed by atoms with E-state index in [1.807, 2.05) is 0 Å². The molecule has 3 rings (SSSR count). The van der Waals surface area contributed by atoms with Crippen LogP contribution in [0.15, 0.2) is 29.2 Å². The Morgan fingerprint density at radius 3 is 1.78 bits per heavy atom. The van der Waals surface area contributed by atoms with E-state index in [1.165, 1.54) is 28.0 Å². The first-order valence-corrected chi connectivity index (χ1v) is 10.3. The highest BCUT2D eigenvalue weighted by Crippen LogP contribution is 2.25. The maximum absolute atomic E-state index is 13.3. The molecule has 2 aliphatic rings. The van der Waals surface area contributed by atoms with Gasteiger partial charge in [-0.1, -0.05) is 12.1 Å². The first-order chi connectivity index (χ1) is 12.9. The van der Waals surface area contributed by atoms with Crippen molar-refractivity contribution in [2.24, 2.45) is 0 Å². The molecule has 0 spiro atoms. The van der Waals surface area contributed by atoms with Gasteiger partial charge in [-0.05, 0) is 12.1 Å². The molecule has 9 nitrogen and oxygen atoms in total. The Morgan fingerprint density at radius 2 is 1.33 bits per heavy atom. The average Bonchev–Trinajstić information content (AvgIpc) is 2.69. The smallest absolute Gasteiger partial charge is 0.251 e. The van der Waals surface area contributed by atoms with Crippen LogP contribution in [0.25, 0.3) is 0 Å². The molecule has 2 saturated heterocycles. The molecule has 2 N–H and O–H groups in total. The van der Waals surface area contributed by atoms with Gasteiger partial charge in [-0.3, -0.25) is 9.59 Å². The summed E-state index contributed by atoms with van der Waals surface area (Å²) in [5.41, 5.74) is 5.84. The zero-order valence-electron chi connectivity index (χ0n) is 14.9. The van der Waals surface area contributed by atoms with E-state index in [0.717, 1.165) is 0 Å². The number of nitrogens with two attached hydrogens (primary N) is 1. The molecule has 1 aromatic carbocycles. The fraction of sp³-hybridized carbons (Fsp3) is 0.529. The third-order valence-electron chi connectivity index (χ3n) is 4.63. The van der Waals surface area contributed by atoms with Gasteiger partial charge in [0.15, 0.2) is 0 Å². The Bertz CT molecular complexity index is 771. The van der Waals surface area contributed by atoms with Crippen LogP contribution in [0.3, 0.4) is 0 Å². The number of carbonyl (C=O) groups excluding carboxylic acids is 2. The van der Waals surface area contributed by atoms with Gasteiger partial charge in [-0.25, -0.2) is 8.42 Å². The number of hydrogen-bond donors (Lipinski definition) is 1. The molecule has 148 valence electrons. The largest absolute Gasteiger partial charge is 0.398 e. The maximum Gasteiger partial charge on any atom is 0.251 e. The minimum absolute atomic E-state index is 0.00653. The zero-order chi connectivity index (χ0) is 19.4. The molecule has 0 atom stereocenters. The van der Waals surface area contributed by atoms with Crippen molar-refractivity contribution in [1.82, 2.24) is 9.80 Å². The molecule has 0 aromatic heterocycles. The topological polar surface area (TPSA) is 119 Å². The van der Waals surface area contributed by atoms with Crippen LogP contribution in [0.2, 0.25) is 0 Å². The van der Waals surface area contributed by atoms with Crippen LogP contribution in [0.1, 0.15) is 0 Å². The van der Waals surface area contributed by atoms with E-state index in [9.17, 15) is 18.0 Å². The van der Waals surface area contributed by atoms with Crippen LogP contribution in [-0.2, 0) is 28.9 Å². The molecule has 2 aliphatic heterocycles. The summed E-state index contributed by atoms with van der Waals surface area (Å²) < 4.78 is 37.0. The number of rotatable bonds is 4. The van der Waals surface area contributed by atoms with E-state index in [4.69, 9.17) is 15.2 Å². The molecule has 0 bridgehead atoms. The number of anilines is 1. The number of nitrogen functional groups attached to an aromatic ring is 1. The number of para-hydroxylation sites is 1. The molecule has 0 aliphatic carbocycles. The van der Waals surface area contributed by atoms with Crippen LogP contribution in [0.4, 0.5) is 5.69 Å². The molecule has 0 radical (unpaired) electrons. The van der Waals surface area contributed by atoms with Crippen LogP contribution in [0, 0.1) is 0 Å². The van der Waals surface area contributed by atoms with Gasteiger partial charge in [0.05, 0.1) is 37.0 Å². The third kappa shape index (κ3) is 4.07. The Labute approximate surface area is 157 Å². The number of ether oxygens (including phenoxy) is 2. The normalized spacial score (nSPS) is 18.6. The summed E-state index contributed by atoms with van der Waals surface area (Å²) in [6.07, 6.45) is 0. The Kier molecular flexibility index (Phi) is 5.98. The van der Waals surface area contributed by atoms with E-state index in [-0.39, 0.29) is 36.8 Å². The SMILES string of the molecule is Nc1ccccc1S(=O)(=O)C(C(=O)N1CCOCC1)C(=O)N1CCOCC1. The summed E-state index contributed by atoms with van der Waals surface area (Å²) in [5.74, 6) is -1.48. The van der Waals surface area contributed by atoms with Crippen molar-refractivity contribution in [3.05, 3.63) is 24.3 Å². The fourth-order valence-electron chi connectivity index (χ4n) is 3.14. The van der Waals surface area contributed by atoms with Crippen molar-refractivity contribution in [3.8, 4) is 0 Å². The molecule has 27 heavy (non-hydrogen) atoms. The van der Waals surface area contributed by atoms with Gasteiger partial charge in [-0.2, -0.15) is 0 Å². The summed E-state index contributed by atoms with van der Waals surface area (Å²) in [5, 5.41) is -1.86. The number of nitrogens with zero attached hydrogens (tertiary/aromatic N) is 2. The second kappa shape index (κ2) is 8.24. The standard InChI is InChI=1S/C17H23N3O6S/c18-13-3-1-2-4-14(13)27(23,24)15(16(21)19-5-9-25-10-6-19)17(22)20-7-11-26-12-8-20/h1-4,15H,5-12,18H2. The highest BCUT2D eigenvalue weighted by atomic mass is 32.2.